The van der Waals surface area contributed by atoms with Gasteiger partial charge in [-0.3, -0.25) is 4.57 Å². The summed E-state index contributed by atoms with van der Waals surface area (Å²) in [5, 5.41) is 2.91. The molecule has 0 aliphatic heterocycles. The summed E-state index contributed by atoms with van der Waals surface area (Å²) in [7, 11) is 2.06. The van der Waals surface area contributed by atoms with E-state index in [2.05, 4.69) is 33.5 Å². The van der Waals surface area contributed by atoms with E-state index in [1.54, 1.807) is 11.3 Å². The quantitative estimate of drug-likeness (QED) is 0.525. The third-order valence-electron chi connectivity index (χ3n) is 2.56. The molecule has 0 fully saturated rings. The molecule has 2 heterocycles. The number of aromatic nitrogens is 2. The number of nitrogens with two attached hydrogens (primary N) is 1. The van der Waals surface area contributed by atoms with Gasteiger partial charge in [0, 0.05) is 0 Å². The fraction of sp³-hybridized carbons (Fsp3) is 0.100. The molecule has 0 spiro atoms. The molecule has 0 radical (unpaired) electrons. The van der Waals surface area contributed by atoms with E-state index < -0.39 is 0 Å². The molecule has 86 valence electrons. The van der Waals surface area contributed by atoms with E-state index in [-0.39, 0.29) is 24.8 Å². The van der Waals surface area contributed by atoms with Gasteiger partial charge >= 0.3 is 0 Å². The monoisotopic (exact) mass is 275 g/mol. The molecule has 6 heteroatoms. The van der Waals surface area contributed by atoms with Crippen molar-refractivity contribution in [2.75, 3.05) is 5.73 Å². The van der Waals surface area contributed by atoms with E-state index in [9.17, 15) is 0 Å². The lowest BCUT2D eigenvalue weighted by molar-refractivity contribution is -0.459. The van der Waals surface area contributed by atoms with Crippen LogP contribution in [-0.2, 0) is 7.05 Å². The van der Waals surface area contributed by atoms with E-state index in [0.29, 0.717) is 0 Å². The normalized spacial score (nSPS) is 10.1. The maximum absolute atomic E-state index is 5.92. The minimum atomic E-state index is 0. The van der Waals surface area contributed by atoms with Crippen LogP contribution in [0.2, 0.25) is 0 Å². The predicted molar refractivity (Wildman–Crippen MR) is 65.6 cm³/mol. The second-order valence-electron chi connectivity index (χ2n) is 3.32. The lowest BCUT2D eigenvalue weighted by Gasteiger charge is -1.87. The molecule has 0 saturated carbocycles. The van der Waals surface area contributed by atoms with Crippen molar-refractivity contribution >= 4 is 45.6 Å². The topological polar surface area (TPSA) is 35.0 Å². The molecular formula is C10H11Cl2N3S. The SMILES string of the molecule is Cl.Cn1c2ccccc2[n+]2c(N)scc12.[Cl-]. The third kappa shape index (κ3) is 1.54. The summed E-state index contributed by atoms with van der Waals surface area (Å²) in [5.74, 6) is 0. The van der Waals surface area contributed by atoms with Crippen molar-refractivity contribution < 1.29 is 16.8 Å². The average Bonchev–Trinajstić information content (AvgIpc) is 2.70. The van der Waals surface area contributed by atoms with Crippen LogP contribution in [0.25, 0.3) is 16.7 Å². The summed E-state index contributed by atoms with van der Waals surface area (Å²) in [4.78, 5) is 0. The average molecular weight is 276 g/mol. The molecule has 0 aliphatic rings. The summed E-state index contributed by atoms with van der Waals surface area (Å²) in [6.07, 6.45) is 0. The van der Waals surface area contributed by atoms with E-state index in [4.69, 9.17) is 5.73 Å². The van der Waals surface area contributed by atoms with E-state index in [0.717, 1.165) is 10.8 Å². The number of rotatable bonds is 0. The number of halogens is 2. The Balaban J connectivity index is 0.000000640. The molecule has 2 aromatic heterocycles. The predicted octanol–water partition coefficient (Wildman–Crippen LogP) is -1.01. The first-order valence-corrected chi connectivity index (χ1v) is 5.29. The second kappa shape index (κ2) is 4.49. The lowest BCUT2D eigenvalue weighted by atomic mass is 10.3. The van der Waals surface area contributed by atoms with Gasteiger partial charge in [0.2, 0.25) is 5.65 Å². The fourth-order valence-corrected chi connectivity index (χ4v) is 2.65. The van der Waals surface area contributed by atoms with E-state index >= 15 is 0 Å². The van der Waals surface area contributed by atoms with Crippen molar-refractivity contribution in [2.45, 2.75) is 0 Å². The number of nitrogen functional groups attached to an aromatic ring is 1. The van der Waals surface area contributed by atoms with E-state index in [1.807, 2.05) is 12.1 Å². The maximum Gasteiger partial charge on any atom is 0.283 e. The number of para-hydroxylation sites is 2. The molecule has 1 aromatic carbocycles. The molecule has 0 bridgehead atoms. The maximum atomic E-state index is 5.92. The zero-order valence-corrected chi connectivity index (χ0v) is 10.9. The van der Waals surface area contributed by atoms with Crippen LogP contribution >= 0.6 is 23.7 Å². The highest BCUT2D eigenvalue weighted by molar-refractivity contribution is 7.13. The molecule has 3 nitrogen and oxygen atoms in total. The summed E-state index contributed by atoms with van der Waals surface area (Å²) in [5.41, 5.74) is 9.45. The van der Waals surface area contributed by atoms with Gasteiger partial charge in [0.15, 0.2) is 0 Å². The minimum Gasteiger partial charge on any atom is -1.00 e. The molecule has 2 N–H and O–H groups in total. The van der Waals surface area contributed by atoms with Gasteiger partial charge in [-0.25, -0.2) is 0 Å². The summed E-state index contributed by atoms with van der Waals surface area (Å²) in [6.45, 7) is 0. The highest BCUT2D eigenvalue weighted by atomic mass is 35.5. The zero-order chi connectivity index (χ0) is 9.71. The van der Waals surface area contributed by atoms with Gasteiger partial charge in [-0.1, -0.05) is 23.5 Å². The Bertz CT molecular complexity index is 629. The Kier molecular flexibility index (Phi) is 3.68. The standard InChI is InChI=1S/C10H9N3S.2ClH/c1-12-7-4-2-3-5-8(7)13-9(12)6-14-10(13)11;;/h2-6,11H,1H3;2*1H. The first kappa shape index (κ1) is 13.1. The van der Waals surface area contributed by atoms with Crippen LogP contribution in [0.5, 0.6) is 0 Å². The number of hydrogen-bond acceptors (Lipinski definition) is 2. The summed E-state index contributed by atoms with van der Waals surface area (Å²) < 4.78 is 4.24. The molecule has 0 atom stereocenters. The van der Waals surface area contributed by atoms with Crippen molar-refractivity contribution in [1.82, 2.24) is 4.57 Å². The zero-order valence-electron chi connectivity index (χ0n) is 8.55. The smallest absolute Gasteiger partial charge is 0.283 e. The highest BCUT2D eigenvalue weighted by Crippen LogP contribution is 2.19. The molecule has 16 heavy (non-hydrogen) atoms. The molecule has 3 aromatic rings. The van der Waals surface area contributed by atoms with Crippen LogP contribution < -0.4 is 22.5 Å². The Morgan fingerprint density at radius 1 is 1.31 bits per heavy atom. The van der Waals surface area contributed by atoms with Crippen molar-refractivity contribution in [2.24, 2.45) is 7.05 Å². The highest BCUT2D eigenvalue weighted by Gasteiger charge is 2.16. The molecular weight excluding hydrogens is 265 g/mol. The molecule has 3 rings (SSSR count). The van der Waals surface area contributed by atoms with Gasteiger partial charge in [-0.15, -0.1) is 12.4 Å². The van der Waals surface area contributed by atoms with Gasteiger partial charge in [-0.2, -0.15) is 4.40 Å². The largest absolute Gasteiger partial charge is 1.00 e. The Labute approximate surface area is 109 Å². The molecule has 0 saturated heterocycles. The first-order valence-electron chi connectivity index (χ1n) is 4.41. The van der Waals surface area contributed by atoms with Crippen LogP contribution in [0.3, 0.4) is 0 Å². The van der Waals surface area contributed by atoms with Crippen LogP contribution in [-0.4, -0.2) is 4.57 Å². The van der Waals surface area contributed by atoms with Gasteiger partial charge < -0.3 is 18.1 Å². The lowest BCUT2D eigenvalue weighted by Crippen LogP contribution is -3.00. The number of thiazole rings is 1. The Morgan fingerprint density at radius 3 is 2.75 bits per heavy atom. The van der Waals surface area contributed by atoms with Gasteiger partial charge in [0.05, 0.1) is 12.4 Å². The first-order chi connectivity index (χ1) is 6.79. The molecule has 0 amide bonds. The van der Waals surface area contributed by atoms with Crippen LogP contribution in [0.4, 0.5) is 5.13 Å². The summed E-state index contributed by atoms with van der Waals surface area (Å²) in [6, 6.07) is 8.27. The van der Waals surface area contributed by atoms with E-state index in [1.165, 1.54) is 11.0 Å². The fourth-order valence-electron chi connectivity index (χ4n) is 1.86. The number of imidazole rings is 1. The van der Waals surface area contributed by atoms with Gasteiger partial charge in [0.1, 0.15) is 11.0 Å². The second-order valence-corrected chi connectivity index (χ2v) is 4.20. The van der Waals surface area contributed by atoms with Crippen molar-refractivity contribution in [3.05, 3.63) is 29.6 Å². The van der Waals surface area contributed by atoms with Crippen LogP contribution in [0.1, 0.15) is 0 Å². The number of hydrogen-bond donors (Lipinski definition) is 1. The molecule has 0 unspecified atom stereocenters. The number of anilines is 1. The number of benzene rings is 1. The summed E-state index contributed by atoms with van der Waals surface area (Å²) >= 11 is 1.57. The van der Waals surface area contributed by atoms with Crippen LogP contribution in [0.15, 0.2) is 29.6 Å². The van der Waals surface area contributed by atoms with Gasteiger partial charge in [0.25, 0.3) is 5.13 Å². The van der Waals surface area contributed by atoms with Crippen molar-refractivity contribution in [1.29, 1.82) is 0 Å². The Morgan fingerprint density at radius 2 is 2.00 bits per heavy atom. The van der Waals surface area contributed by atoms with Gasteiger partial charge in [-0.05, 0) is 12.1 Å². The third-order valence-corrected chi connectivity index (χ3v) is 3.31. The number of aryl methyl sites for hydroxylation is 1. The van der Waals surface area contributed by atoms with Crippen molar-refractivity contribution in [3.8, 4) is 0 Å². The van der Waals surface area contributed by atoms with Crippen molar-refractivity contribution in [3.63, 3.8) is 0 Å². The number of nitrogens with zero attached hydrogens (tertiary/aromatic N) is 2. The Hall–Kier alpha value is -0.970. The van der Waals surface area contributed by atoms with Crippen LogP contribution in [0, 0.1) is 0 Å². The number of fused-ring (bicyclic) bond motifs is 3. The molecule has 0 aliphatic carbocycles. The minimum absolute atomic E-state index is 0.